The summed E-state index contributed by atoms with van der Waals surface area (Å²) in [6.07, 6.45) is 2.04. The van der Waals surface area contributed by atoms with E-state index in [2.05, 4.69) is 15.3 Å². The lowest BCUT2D eigenvalue weighted by Crippen LogP contribution is -2.09. The van der Waals surface area contributed by atoms with E-state index in [1.54, 1.807) is 36.0 Å². The Labute approximate surface area is 151 Å². The second-order valence-electron chi connectivity index (χ2n) is 5.77. The van der Waals surface area contributed by atoms with Gasteiger partial charge in [0.15, 0.2) is 11.6 Å². The third-order valence-electron chi connectivity index (χ3n) is 4.20. The van der Waals surface area contributed by atoms with Crippen LogP contribution in [0.4, 0.5) is 4.39 Å². The standard InChI is InChI=1S/C17H13ClFN5O2/c1-9-15(21-22-24(9)10-3-5-14(25)13(19)6-10)17(26)16-12(18)4-2-11-7-20-8-23(11)16/h2-8,17,25-26H,1H3/t17-/m0/s1. The predicted octanol–water partition coefficient (Wildman–Crippen LogP) is 2.80. The molecule has 0 saturated heterocycles. The number of phenols is 1. The summed E-state index contributed by atoms with van der Waals surface area (Å²) >= 11 is 6.28. The van der Waals surface area contributed by atoms with Crippen molar-refractivity contribution in [1.29, 1.82) is 0 Å². The van der Waals surface area contributed by atoms with Crippen molar-refractivity contribution in [2.24, 2.45) is 0 Å². The molecule has 26 heavy (non-hydrogen) atoms. The first-order chi connectivity index (χ1) is 12.5. The zero-order valence-corrected chi connectivity index (χ0v) is 14.3. The van der Waals surface area contributed by atoms with Crippen LogP contribution in [0.5, 0.6) is 5.75 Å². The van der Waals surface area contributed by atoms with Gasteiger partial charge in [-0.05, 0) is 31.2 Å². The molecule has 0 aliphatic carbocycles. The third kappa shape index (κ3) is 2.51. The van der Waals surface area contributed by atoms with Crippen LogP contribution in [0.1, 0.15) is 23.2 Å². The van der Waals surface area contributed by atoms with E-state index in [0.717, 1.165) is 11.6 Å². The van der Waals surface area contributed by atoms with Crippen molar-refractivity contribution in [3.8, 4) is 11.4 Å². The van der Waals surface area contributed by atoms with Crippen molar-refractivity contribution < 1.29 is 14.6 Å². The number of hydrogen-bond acceptors (Lipinski definition) is 5. The molecule has 3 aromatic heterocycles. The molecule has 0 bridgehead atoms. The number of nitrogens with zero attached hydrogens (tertiary/aromatic N) is 5. The minimum Gasteiger partial charge on any atom is -0.505 e. The van der Waals surface area contributed by atoms with Gasteiger partial charge in [-0.25, -0.2) is 14.1 Å². The maximum atomic E-state index is 13.6. The summed E-state index contributed by atoms with van der Waals surface area (Å²) in [5, 5.41) is 28.6. The maximum absolute atomic E-state index is 13.6. The van der Waals surface area contributed by atoms with Crippen molar-refractivity contribution in [2.45, 2.75) is 13.0 Å². The van der Waals surface area contributed by atoms with E-state index in [9.17, 15) is 14.6 Å². The first-order valence-corrected chi connectivity index (χ1v) is 8.05. The number of hydrogen-bond donors (Lipinski definition) is 2. The minimum absolute atomic E-state index is 0.279. The largest absolute Gasteiger partial charge is 0.505 e. The fourth-order valence-corrected chi connectivity index (χ4v) is 3.10. The topological polar surface area (TPSA) is 88.5 Å². The van der Waals surface area contributed by atoms with Gasteiger partial charge < -0.3 is 10.2 Å². The molecule has 0 spiro atoms. The highest BCUT2D eigenvalue weighted by atomic mass is 35.5. The molecule has 2 N–H and O–H groups in total. The monoisotopic (exact) mass is 373 g/mol. The number of fused-ring (bicyclic) bond motifs is 1. The number of benzene rings is 1. The summed E-state index contributed by atoms with van der Waals surface area (Å²) in [6, 6.07) is 7.32. The molecule has 1 aromatic carbocycles. The molecule has 4 aromatic rings. The van der Waals surface area contributed by atoms with Crippen molar-refractivity contribution in [3.63, 3.8) is 0 Å². The van der Waals surface area contributed by atoms with Crippen molar-refractivity contribution in [1.82, 2.24) is 24.4 Å². The van der Waals surface area contributed by atoms with Gasteiger partial charge in [0, 0.05) is 6.07 Å². The summed E-state index contributed by atoms with van der Waals surface area (Å²) in [5.41, 5.74) is 2.34. The molecule has 0 aliphatic rings. The molecule has 0 unspecified atom stereocenters. The molecule has 0 radical (unpaired) electrons. The number of rotatable bonds is 3. The van der Waals surface area contributed by atoms with E-state index in [0.29, 0.717) is 22.1 Å². The molecule has 1 atom stereocenters. The lowest BCUT2D eigenvalue weighted by atomic mass is 10.1. The van der Waals surface area contributed by atoms with E-state index in [4.69, 9.17) is 11.6 Å². The van der Waals surface area contributed by atoms with Crippen LogP contribution in [0.25, 0.3) is 11.2 Å². The summed E-state index contributed by atoms with van der Waals surface area (Å²) in [5.74, 6) is -1.23. The minimum atomic E-state index is -1.16. The summed E-state index contributed by atoms with van der Waals surface area (Å²) in [7, 11) is 0. The quantitative estimate of drug-likeness (QED) is 0.576. The second-order valence-corrected chi connectivity index (χ2v) is 6.17. The van der Waals surface area contributed by atoms with Gasteiger partial charge in [0.2, 0.25) is 0 Å². The molecule has 132 valence electrons. The summed E-state index contributed by atoms with van der Waals surface area (Å²) < 4.78 is 16.7. The van der Waals surface area contributed by atoms with E-state index in [1.165, 1.54) is 16.8 Å². The van der Waals surface area contributed by atoms with Crippen LogP contribution >= 0.6 is 11.6 Å². The zero-order chi connectivity index (χ0) is 18.4. The van der Waals surface area contributed by atoms with Gasteiger partial charge in [0.05, 0.1) is 40.1 Å². The Hall–Kier alpha value is -2.97. The van der Waals surface area contributed by atoms with Gasteiger partial charge in [-0.15, -0.1) is 5.10 Å². The number of aromatic nitrogens is 5. The first kappa shape index (κ1) is 16.5. The van der Waals surface area contributed by atoms with E-state index in [1.807, 2.05) is 0 Å². The average molecular weight is 374 g/mol. The van der Waals surface area contributed by atoms with Crippen LogP contribution in [0.3, 0.4) is 0 Å². The van der Waals surface area contributed by atoms with Crippen LogP contribution in [0, 0.1) is 12.7 Å². The van der Waals surface area contributed by atoms with E-state index >= 15 is 0 Å². The summed E-state index contributed by atoms with van der Waals surface area (Å²) in [6.45, 7) is 1.70. The van der Waals surface area contributed by atoms with Gasteiger partial charge >= 0.3 is 0 Å². The fraction of sp³-hybridized carbons (Fsp3) is 0.118. The SMILES string of the molecule is Cc1c([C@H](O)c2c(Cl)ccc3cncn23)nnn1-c1ccc(O)c(F)c1. The van der Waals surface area contributed by atoms with Crippen LogP contribution in [-0.2, 0) is 0 Å². The third-order valence-corrected chi connectivity index (χ3v) is 4.52. The smallest absolute Gasteiger partial charge is 0.166 e. The van der Waals surface area contributed by atoms with Crippen LogP contribution in [-0.4, -0.2) is 34.6 Å². The molecule has 7 nitrogen and oxygen atoms in total. The highest BCUT2D eigenvalue weighted by Gasteiger charge is 2.24. The Morgan fingerprint density at radius 2 is 2.04 bits per heavy atom. The zero-order valence-electron chi connectivity index (χ0n) is 13.5. The number of aromatic hydroxyl groups is 1. The molecule has 0 fully saturated rings. The number of pyridine rings is 1. The highest BCUT2D eigenvalue weighted by Crippen LogP contribution is 2.30. The second kappa shape index (κ2) is 6.08. The number of aliphatic hydroxyl groups is 1. The van der Waals surface area contributed by atoms with Gasteiger partial charge in [0.1, 0.15) is 11.8 Å². The van der Waals surface area contributed by atoms with Crippen molar-refractivity contribution >= 4 is 17.1 Å². The Morgan fingerprint density at radius 1 is 1.23 bits per heavy atom. The highest BCUT2D eigenvalue weighted by molar-refractivity contribution is 6.31. The van der Waals surface area contributed by atoms with Gasteiger partial charge in [0.25, 0.3) is 0 Å². The molecule has 0 saturated carbocycles. The maximum Gasteiger partial charge on any atom is 0.166 e. The molecule has 4 rings (SSSR count). The Balaban J connectivity index is 1.81. The number of aliphatic hydroxyl groups excluding tert-OH is 1. The number of phenolic OH excluding ortho intramolecular Hbond substituents is 1. The van der Waals surface area contributed by atoms with Crippen LogP contribution in [0.15, 0.2) is 42.9 Å². The van der Waals surface area contributed by atoms with Crippen LogP contribution < -0.4 is 0 Å². The predicted molar refractivity (Wildman–Crippen MR) is 92.0 cm³/mol. The molecule has 9 heteroatoms. The van der Waals surface area contributed by atoms with E-state index < -0.39 is 17.7 Å². The van der Waals surface area contributed by atoms with E-state index in [-0.39, 0.29) is 5.69 Å². The first-order valence-electron chi connectivity index (χ1n) is 7.67. The average Bonchev–Trinajstić information content (AvgIpc) is 3.23. The number of halogens is 2. The van der Waals surface area contributed by atoms with Gasteiger partial charge in [-0.3, -0.25) is 4.40 Å². The normalized spacial score (nSPS) is 12.6. The van der Waals surface area contributed by atoms with Crippen molar-refractivity contribution in [2.75, 3.05) is 0 Å². The Morgan fingerprint density at radius 3 is 2.81 bits per heavy atom. The lowest BCUT2D eigenvalue weighted by molar-refractivity contribution is 0.208. The van der Waals surface area contributed by atoms with Gasteiger partial charge in [-0.2, -0.15) is 0 Å². The Kier molecular flexibility index (Phi) is 3.86. The fourth-order valence-electron chi connectivity index (χ4n) is 2.85. The summed E-state index contributed by atoms with van der Waals surface area (Å²) in [4.78, 5) is 4.06. The molecular weight excluding hydrogens is 361 g/mol. The Bertz CT molecular complexity index is 1120. The van der Waals surface area contributed by atoms with Gasteiger partial charge in [-0.1, -0.05) is 16.8 Å². The molecular formula is C17H13ClFN5O2. The lowest BCUT2D eigenvalue weighted by Gasteiger charge is -2.14. The van der Waals surface area contributed by atoms with Crippen molar-refractivity contribution in [3.05, 3.63) is 70.8 Å². The van der Waals surface area contributed by atoms with Crippen LogP contribution in [0.2, 0.25) is 5.02 Å². The molecule has 3 heterocycles. The molecule has 0 aliphatic heterocycles. The number of imidazole rings is 1. The molecule has 0 amide bonds.